The minimum absolute atomic E-state index is 0.0249. The van der Waals surface area contributed by atoms with Gasteiger partial charge in [0.15, 0.2) is 0 Å². The highest BCUT2D eigenvalue weighted by atomic mass is 19.1. The Bertz CT molecular complexity index is 706. The molecule has 0 N–H and O–H groups in total. The van der Waals surface area contributed by atoms with Gasteiger partial charge in [0.1, 0.15) is 5.82 Å². The van der Waals surface area contributed by atoms with Crippen LogP contribution in [0.5, 0.6) is 0 Å². The maximum Gasteiger partial charge on any atom is 0.292 e. The van der Waals surface area contributed by atoms with Crippen LogP contribution in [0, 0.1) is 5.82 Å². The number of hydrogen-bond acceptors (Lipinski definition) is 4. The van der Waals surface area contributed by atoms with Gasteiger partial charge in [0.25, 0.3) is 5.91 Å². The number of ether oxygens (including phenoxy) is 1. The smallest absolute Gasteiger partial charge is 0.292 e. The molecule has 0 radical (unpaired) electrons. The number of halogens is 1. The van der Waals surface area contributed by atoms with E-state index >= 15 is 0 Å². The molecular formula is C19H23FN2O3. The third-order valence-electron chi connectivity index (χ3n) is 4.35. The van der Waals surface area contributed by atoms with E-state index < -0.39 is 0 Å². The van der Waals surface area contributed by atoms with E-state index in [2.05, 4.69) is 5.16 Å². The van der Waals surface area contributed by atoms with Gasteiger partial charge in [-0.1, -0.05) is 31.1 Å². The molecule has 1 aromatic heterocycles. The van der Waals surface area contributed by atoms with Crippen LogP contribution in [0.1, 0.15) is 54.4 Å². The summed E-state index contributed by atoms with van der Waals surface area (Å²) < 4.78 is 24.0. The van der Waals surface area contributed by atoms with E-state index in [-0.39, 0.29) is 29.5 Å². The number of benzene rings is 1. The SMILES string of the molecule is CC(C)c1cc(C(=O)N(Cc2ccc(F)cc2)C[C@@H]2CCCO2)on1. The van der Waals surface area contributed by atoms with E-state index in [1.165, 1.54) is 12.1 Å². The Hall–Kier alpha value is -2.21. The Morgan fingerprint density at radius 3 is 2.72 bits per heavy atom. The molecule has 1 saturated heterocycles. The van der Waals surface area contributed by atoms with Crippen LogP contribution in [0.3, 0.4) is 0 Å². The minimum Gasteiger partial charge on any atom is -0.376 e. The minimum atomic E-state index is -0.294. The molecule has 6 heteroatoms. The molecule has 3 rings (SSSR count). The second-order valence-electron chi connectivity index (χ2n) is 6.72. The van der Waals surface area contributed by atoms with Gasteiger partial charge in [0, 0.05) is 25.8 Å². The molecule has 1 amide bonds. The van der Waals surface area contributed by atoms with Gasteiger partial charge in [0.05, 0.1) is 11.8 Å². The number of carbonyl (C=O) groups excluding carboxylic acids is 1. The molecule has 25 heavy (non-hydrogen) atoms. The maximum absolute atomic E-state index is 13.1. The first-order valence-corrected chi connectivity index (χ1v) is 8.65. The second kappa shape index (κ2) is 7.78. The van der Waals surface area contributed by atoms with Crippen LogP contribution in [0.4, 0.5) is 4.39 Å². The maximum atomic E-state index is 13.1. The Morgan fingerprint density at radius 1 is 1.36 bits per heavy atom. The first kappa shape index (κ1) is 17.6. The van der Waals surface area contributed by atoms with Crippen molar-refractivity contribution < 1.29 is 18.4 Å². The molecule has 2 aromatic rings. The highest BCUT2D eigenvalue weighted by Crippen LogP contribution is 2.20. The molecule has 0 unspecified atom stereocenters. The fourth-order valence-electron chi connectivity index (χ4n) is 2.88. The molecule has 1 aliphatic heterocycles. The average molecular weight is 346 g/mol. The zero-order valence-electron chi connectivity index (χ0n) is 14.6. The van der Waals surface area contributed by atoms with Gasteiger partial charge in [-0.3, -0.25) is 4.79 Å². The predicted octanol–water partition coefficient (Wildman–Crippen LogP) is 3.76. The summed E-state index contributed by atoms with van der Waals surface area (Å²) in [6, 6.07) is 7.86. The summed E-state index contributed by atoms with van der Waals surface area (Å²) in [7, 11) is 0. The van der Waals surface area contributed by atoms with E-state index in [1.807, 2.05) is 13.8 Å². The molecule has 5 nitrogen and oxygen atoms in total. The van der Waals surface area contributed by atoms with Gasteiger partial charge in [-0.25, -0.2) is 4.39 Å². The molecule has 1 atom stereocenters. The molecule has 0 saturated carbocycles. The number of aromatic nitrogens is 1. The average Bonchev–Trinajstić information content (AvgIpc) is 3.27. The first-order valence-electron chi connectivity index (χ1n) is 8.65. The fourth-order valence-corrected chi connectivity index (χ4v) is 2.88. The van der Waals surface area contributed by atoms with Crippen LogP contribution < -0.4 is 0 Å². The zero-order chi connectivity index (χ0) is 17.8. The number of hydrogen-bond donors (Lipinski definition) is 0. The van der Waals surface area contributed by atoms with Crippen molar-refractivity contribution in [2.75, 3.05) is 13.2 Å². The molecule has 0 bridgehead atoms. The Kier molecular flexibility index (Phi) is 5.48. The highest BCUT2D eigenvalue weighted by molar-refractivity contribution is 5.91. The third-order valence-corrected chi connectivity index (χ3v) is 4.35. The summed E-state index contributed by atoms with van der Waals surface area (Å²) in [5.74, 6) is -0.102. The summed E-state index contributed by atoms with van der Waals surface area (Å²) in [6.45, 7) is 5.57. The molecule has 1 aliphatic rings. The van der Waals surface area contributed by atoms with Crippen molar-refractivity contribution in [1.29, 1.82) is 0 Å². The van der Waals surface area contributed by atoms with Crippen LogP contribution >= 0.6 is 0 Å². The van der Waals surface area contributed by atoms with Gasteiger partial charge in [-0.2, -0.15) is 0 Å². The number of nitrogens with zero attached hydrogens (tertiary/aromatic N) is 2. The lowest BCUT2D eigenvalue weighted by molar-refractivity contribution is 0.0477. The second-order valence-corrected chi connectivity index (χ2v) is 6.72. The van der Waals surface area contributed by atoms with Crippen molar-refractivity contribution in [3.05, 3.63) is 53.2 Å². The van der Waals surface area contributed by atoms with Gasteiger partial charge < -0.3 is 14.2 Å². The highest BCUT2D eigenvalue weighted by Gasteiger charge is 2.26. The monoisotopic (exact) mass is 346 g/mol. The van der Waals surface area contributed by atoms with Gasteiger partial charge in [-0.05, 0) is 36.5 Å². The van der Waals surface area contributed by atoms with Crippen LogP contribution in [-0.2, 0) is 11.3 Å². The van der Waals surface area contributed by atoms with Crippen LogP contribution in [0.25, 0.3) is 0 Å². The third kappa shape index (κ3) is 4.45. The lowest BCUT2D eigenvalue weighted by Crippen LogP contribution is -2.36. The number of carbonyl (C=O) groups is 1. The molecule has 0 spiro atoms. The molecule has 134 valence electrons. The van der Waals surface area contributed by atoms with Crippen molar-refractivity contribution in [2.24, 2.45) is 0 Å². The van der Waals surface area contributed by atoms with E-state index in [9.17, 15) is 9.18 Å². The van der Waals surface area contributed by atoms with Crippen molar-refractivity contribution >= 4 is 5.91 Å². The Morgan fingerprint density at radius 2 is 2.12 bits per heavy atom. The van der Waals surface area contributed by atoms with E-state index in [1.54, 1.807) is 23.1 Å². The lowest BCUT2D eigenvalue weighted by atomic mass is 10.1. The molecule has 1 aromatic carbocycles. The summed E-state index contributed by atoms with van der Waals surface area (Å²) in [6.07, 6.45) is 1.96. The quantitative estimate of drug-likeness (QED) is 0.799. The van der Waals surface area contributed by atoms with E-state index in [0.29, 0.717) is 13.1 Å². The van der Waals surface area contributed by atoms with Crippen molar-refractivity contribution in [2.45, 2.75) is 45.3 Å². The van der Waals surface area contributed by atoms with Crippen molar-refractivity contribution in [3.63, 3.8) is 0 Å². The van der Waals surface area contributed by atoms with Crippen molar-refractivity contribution in [3.8, 4) is 0 Å². The zero-order valence-corrected chi connectivity index (χ0v) is 14.6. The standard InChI is InChI=1S/C19H23FN2O3/c1-13(2)17-10-18(25-21-17)19(23)22(12-16-4-3-9-24-16)11-14-5-7-15(20)8-6-14/h5-8,10,13,16H,3-4,9,11-12H2,1-2H3/t16-/m0/s1. The van der Waals surface area contributed by atoms with Crippen LogP contribution in [0.2, 0.25) is 0 Å². The predicted molar refractivity (Wildman–Crippen MR) is 90.7 cm³/mol. The molecule has 1 fully saturated rings. The summed E-state index contributed by atoms with van der Waals surface area (Å²) in [4.78, 5) is 14.6. The van der Waals surface area contributed by atoms with E-state index in [4.69, 9.17) is 9.26 Å². The first-order chi connectivity index (χ1) is 12.0. The normalized spacial score (nSPS) is 17.2. The summed E-state index contributed by atoms with van der Waals surface area (Å²) in [5.41, 5.74) is 1.61. The Labute approximate surface area is 146 Å². The number of rotatable bonds is 6. The van der Waals surface area contributed by atoms with Gasteiger partial charge >= 0.3 is 0 Å². The van der Waals surface area contributed by atoms with Gasteiger partial charge in [0.2, 0.25) is 5.76 Å². The summed E-state index contributed by atoms with van der Waals surface area (Å²) in [5, 5.41) is 3.97. The van der Waals surface area contributed by atoms with Crippen molar-refractivity contribution in [1.82, 2.24) is 10.1 Å². The van der Waals surface area contributed by atoms with Gasteiger partial charge in [-0.15, -0.1) is 0 Å². The number of amides is 1. The molecular weight excluding hydrogens is 323 g/mol. The topological polar surface area (TPSA) is 55.6 Å². The lowest BCUT2D eigenvalue weighted by Gasteiger charge is -2.24. The fraction of sp³-hybridized carbons (Fsp3) is 0.474. The Balaban J connectivity index is 1.78. The molecule has 0 aliphatic carbocycles. The largest absolute Gasteiger partial charge is 0.376 e. The molecule has 2 heterocycles. The summed E-state index contributed by atoms with van der Waals surface area (Å²) >= 11 is 0. The van der Waals surface area contributed by atoms with E-state index in [0.717, 1.165) is 30.7 Å². The van der Waals surface area contributed by atoms with Crippen LogP contribution in [-0.4, -0.2) is 35.2 Å². The van der Waals surface area contributed by atoms with Crippen LogP contribution in [0.15, 0.2) is 34.9 Å².